The molecule has 6 aromatic rings. The molecule has 2 heteroatoms. The smallest absolute Gasteiger partial charge is 0.131 e. The molecule has 1 aromatic heterocycles. The Balaban J connectivity index is 1.60. The molecule has 0 saturated heterocycles. The number of hydrogen-bond donors (Lipinski definition) is 0. The molecule has 5 aromatic carbocycles. The van der Waals surface area contributed by atoms with Gasteiger partial charge in [-0.05, 0) is 41.9 Å². The van der Waals surface area contributed by atoms with Gasteiger partial charge in [0.25, 0.3) is 0 Å². The van der Waals surface area contributed by atoms with E-state index in [1.807, 2.05) is 72.8 Å². The van der Waals surface area contributed by atoms with Crippen molar-refractivity contribution in [3.8, 4) is 28.3 Å². The zero-order chi connectivity index (χ0) is 29.7. The average Bonchev–Trinajstić information content (AvgIpc) is 3.32. The highest BCUT2D eigenvalue weighted by Gasteiger charge is 2.34. The summed E-state index contributed by atoms with van der Waals surface area (Å²) in [5.41, 5.74) is 3.02. The van der Waals surface area contributed by atoms with Gasteiger partial charge in [-0.1, -0.05) is 92.6 Å². The van der Waals surface area contributed by atoms with Crippen molar-refractivity contribution in [2.75, 3.05) is 0 Å². The minimum absolute atomic E-state index is 0.00794. The lowest BCUT2D eigenvalue weighted by molar-refractivity contribution is 0.418. The highest BCUT2D eigenvalue weighted by Crippen LogP contribution is 2.49. The Bertz CT molecular complexity index is 2120. The first-order valence-electron chi connectivity index (χ1n) is 15.1. The number of benzene rings is 5. The molecule has 0 unspecified atom stereocenters. The summed E-state index contributed by atoms with van der Waals surface area (Å²) in [5, 5.41) is 1.97. The van der Waals surface area contributed by atoms with Crippen LogP contribution in [0.25, 0.3) is 38.6 Å². The third-order valence-electron chi connectivity index (χ3n) is 6.86. The molecule has 2 nitrogen and oxygen atoms in total. The van der Waals surface area contributed by atoms with Crippen LogP contribution in [0.15, 0.2) is 115 Å². The lowest BCUT2D eigenvalue weighted by Crippen LogP contribution is -2.24. The summed E-state index contributed by atoms with van der Waals surface area (Å²) in [4.78, 5) is 0. The van der Waals surface area contributed by atoms with Crippen LogP contribution in [0.1, 0.15) is 34.6 Å². The van der Waals surface area contributed by atoms with Gasteiger partial charge in [0.1, 0.15) is 11.5 Å². The van der Waals surface area contributed by atoms with Crippen LogP contribution in [0, 0.1) is 0 Å². The standard InChI is InChI=1S/C33H25NO/c1-33(2)27-16-7-9-18-30(27)35-31-20-19-22(21-28(31)33)24-14-10-15-26-25-13-6-8-17-29(25)34(32(24)26)23-11-4-3-5-12-23/h3-21H,1-2H3/i7D,9D,16D,18D,19D,20D,21D. The van der Waals surface area contributed by atoms with Crippen molar-refractivity contribution in [3.05, 3.63) is 126 Å². The summed E-state index contributed by atoms with van der Waals surface area (Å²) >= 11 is 0. The van der Waals surface area contributed by atoms with Crippen LogP contribution >= 0.6 is 0 Å². The molecule has 35 heavy (non-hydrogen) atoms. The second kappa shape index (κ2) is 7.35. The Labute approximate surface area is 214 Å². The van der Waals surface area contributed by atoms with Crippen molar-refractivity contribution in [1.29, 1.82) is 0 Å². The maximum atomic E-state index is 9.52. The molecule has 2 heterocycles. The number of ether oxygens (including phenoxy) is 1. The minimum atomic E-state index is -1.12. The van der Waals surface area contributed by atoms with Gasteiger partial charge in [0, 0.05) is 38.6 Å². The molecule has 0 bridgehead atoms. The van der Waals surface area contributed by atoms with Gasteiger partial charge < -0.3 is 9.30 Å². The van der Waals surface area contributed by atoms with Crippen LogP contribution < -0.4 is 4.74 Å². The van der Waals surface area contributed by atoms with Gasteiger partial charge in [0.15, 0.2) is 0 Å². The lowest BCUT2D eigenvalue weighted by atomic mass is 9.75. The Morgan fingerprint density at radius 1 is 0.714 bits per heavy atom. The summed E-state index contributed by atoms with van der Waals surface area (Å²) in [6.07, 6.45) is 0. The maximum absolute atomic E-state index is 9.52. The summed E-state index contributed by atoms with van der Waals surface area (Å²) in [5.74, 6) is -0.0862. The average molecular weight is 459 g/mol. The predicted octanol–water partition coefficient (Wildman–Crippen LogP) is 8.88. The van der Waals surface area contributed by atoms with Gasteiger partial charge in [-0.3, -0.25) is 0 Å². The van der Waals surface area contributed by atoms with E-state index in [0.717, 1.165) is 27.5 Å². The number of fused-ring (bicyclic) bond motifs is 5. The highest BCUT2D eigenvalue weighted by molar-refractivity contribution is 6.13. The molecule has 0 fully saturated rings. The van der Waals surface area contributed by atoms with Crippen molar-refractivity contribution in [3.63, 3.8) is 0 Å². The summed E-state index contributed by atoms with van der Waals surface area (Å²) in [7, 11) is 0. The van der Waals surface area contributed by atoms with Gasteiger partial charge in [-0.2, -0.15) is 0 Å². The van der Waals surface area contributed by atoms with Crippen LogP contribution in [0.4, 0.5) is 0 Å². The SMILES string of the molecule is [2H]c1c([2H])c([2H])c2c(c1[2H])Oc1c([2H])c([2H])c(-c3cccc4c5ccccc5n(-c5ccccc5)c34)c([2H])c1C2(C)C. The molecule has 0 amide bonds. The normalized spacial score (nSPS) is 16.7. The molecular weight excluding hydrogens is 426 g/mol. The molecule has 1 aliphatic rings. The van der Waals surface area contributed by atoms with Gasteiger partial charge in [-0.25, -0.2) is 0 Å². The molecule has 0 spiro atoms. The van der Waals surface area contributed by atoms with E-state index in [4.69, 9.17) is 13.0 Å². The molecule has 0 aliphatic carbocycles. The Morgan fingerprint density at radius 2 is 1.46 bits per heavy atom. The monoisotopic (exact) mass is 458 g/mol. The van der Waals surface area contributed by atoms with Crippen molar-refractivity contribution < 1.29 is 14.3 Å². The Morgan fingerprint density at radius 3 is 2.34 bits per heavy atom. The fourth-order valence-electron chi connectivity index (χ4n) is 5.16. The van der Waals surface area contributed by atoms with E-state index in [2.05, 4.69) is 4.57 Å². The zero-order valence-electron chi connectivity index (χ0n) is 26.3. The largest absolute Gasteiger partial charge is 0.457 e. The zero-order valence-corrected chi connectivity index (χ0v) is 19.3. The fraction of sp³-hybridized carbons (Fsp3) is 0.0909. The molecule has 7 rings (SSSR count). The molecule has 0 N–H and O–H groups in total. The lowest BCUT2D eigenvalue weighted by Gasteiger charge is -2.34. The topological polar surface area (TPSA) is 14.2 Å². The van der Waals surface area contributed by atoms with E-state index >= 15 is 0 Å². The van der Waals surface area contributed by atoms with Crippen LogP contribution in [0.5, 0.6) is 11.5 Å². The number of nitrogens with zero attached hydrogens (tertiary/aromatic N) is 1. The number of para-hydroxylation sites is 4. The second-order valence-corrected chi connectivity index (χ2v) is 9.28. The van der Waals surface area contributed by atoms with Gasteiger partial charge >= 0.3 is 0 Å². The first kappa shape index (κ1) is 14.2. The van der Waals surface area contributed by atoms with Crippen molar-refractivity contribution in [2.24, 2.45) is 0 Å². The number of hydrogen-bond acceptors (Lipinski definition) is 1. The molecular formula is C33H25NO. The summed E-state index contributed by atoms with van der Waals surface area (Å²) in [6, 6.07) is 21.9. The van der Waals surface area contributed by atoms with Crippen molar-refractivity contribution >= 4 is 21.8 Å². The summed E-state index contributed by atoms with van der Waals surface area (Å²) in [6.45, 7) is 3.56. The summed E-state index contributed by atoms with van der Waals surface area (Å²) < 4.78 is 69.4. The van der Waals surface area contributed by atoms with E-state index in [1.54, 1.807) is 13.8 Å². The predicted molar refractivity (Wildman–Crippen MR) is 145 cm³/mol. The van der Waals surface area contributed by atoms with Crippen LogP contribution in [0.2, 0.25) is 0 Å². The van der Waals surface area contributed by atoms with Crippen LogP contribution in [-0.4, -0.2) is 4.57 Å². The van der Waals surface area contributed by atoms with E-state index in [1.165, 1.54) is 0 Å². The number of aromatic nitrogens is 1. The first-order valence-corrected chi connectivity index (χ1v) is 11.6. The molecule has 168 valence electrons. The third-order valence-corrected chi connectivity index (χ3v) is 6.86. The minimum Gasteiger partial charge on any atom is -0.457 e. The van der Waals surface area contributed by atoms with Crippen molar-refractivity contribution in [1.82, 2.24) is 4.57 Å². The van der Waals surface area contributed by atoms with E-state index in [-0.39, 0.29) is 58.9 Å². The molecule has 0 atom stereocenters. The fourth-order valence-corrected chi connectivity index (χ4v) is 5.16. The third kappa shape index (κ3) is 2.90. The van der Waals surface area contributed by atoms with E-state index in [9.17, 15) is 1.37 Å². The van der Waals surface area contributed by atoms with Gasteiger partial charge in [-0.15, -0.1) is 0 Å². The Kier molecular flexibility index (Phi) is 2.98. The maximum Gasteiger partial charge on any atom is 0.131 e. The van der Waals surface area contributed by atoms with Gasteiger partial charge in [0.05, 0.1) is 20.6 Å². The quantitative estimate of drug-likeness (QED) is 0.253. The van der Waals surface area contributed by atoms with Gasteiger partial charge in [0.2, 0.25) is 0 Å². The number of rotatable bonds is 2. The Hall–Kier alpha value is -4.30. The van der Waals surface area contributed by atoms with E-state index in [0.29, 0.717) is 11.1 Å². The second-order valence-electron chi connectivity index (χ2n) is 9.28. The molecule has 1 aliphatic heterocycles. The molecule has 0 saturated carbocycles. The van der Waals surface area contributed by atoms with Crippen LogP contribution in [-0.2, 0) is 5.41 Å². The first-order chi connectivity index (χ1) is 20.1. The van der Waals surface area contributed by atoms with Crippen LogP contribution in [0.3, 0.4) is 0 Å². The highest BCUT2D eigenvalue weighted by atomic mass is 16.5. The molecule has 0 radical (unpaired) electrons. The van der Waals surface area contributed by atoms with E-state index < -0.39 is 11.5 Å². The van der Waals surface area contributed by atoms with Crippen molar-refractivity contribution in [2.45, 2.75) is 19.3 Å².